The van der Waals surface area contributed by atoms with Crippen LogP contribution in [0.4, 0.5) is 0 Å². The second-order valence-corrected chi connectivity index (χ2v) is 15.3. The molecule has 8 nitrogen and oxygen atoms in total. The molecule has 0 aromatic rings. The highest BCUT2D eigenvalue weighted by atomic mass is 16.5. The topological polar surface area (TPSA) is 99.5 Å². The van der Waals surface area contributed by atoms with Gasteiger partial charge in [0, 0.05) is 39.0 Å². The van der Waals surface area contributed by atoms with Crippen molar-refractivity contribution in [2.45, 2.75) is 213 Å². The summed E-state index contributed by atoms with van der Waals surface area (Å²) >= 11 is 0. The van der Waals surface area contributed by atoms with Gasteiger partial charge in [-0.3, -0.25) is 19.4 Å². The molecule has 8 heteroatoms. The Morgan fingerprint density at radius 2 is 0.846 bits per heavy atom. The Morgan fingerprint density at radius 3 is 1.33 bits per heavy atom. The smallest absolute Gasteiger partial charge is 0.306 e. The molecule has 52 heavy (non-hydrogen) atoms. The zero-order chi connectivity index (χ0) is 38.2. The molecule has 310 valence electrons. The lowest BCUT2D eigenvalue weighted by Gasteiger charge is -2.27. The number of aliphatic hydroxyl groups is 2. The van der Waals surface area contributed by atoms with Crippen molar-refractivity contribution < 1.29 is 29.3 Å². The minimum absolute atomic E-state index is 0.0406. The summed E-state index contributed by atoms with van der Waals surface area (Å²) in [6, 6.07) is 0. The number of hydrogen-bond donors (Lipinski definition) is 2. The molecule has 0 rings (SSSR count). The number of ether oxygens (including phenoxy) is 2. The van der Waals surface area contributed by atoms with E-state index in [1.54, 1.807) is 0 Å². The molecule has 0 saturated carbocycles. The number of hydrogen-bond acceptors (Lipinski definition) is 8. The van der Waals surface area contributed by atoms with E-state index in [-0.39, 0.29) is 31.3 Å². The van der Waals surface area contributed by atoms with Gasteiger partial charge in [0.25, 0.3) is 0 Å². The monoisotopic (exact) mass is 741 g/mol. The largest absolute Gasteiger partial charge is 0.466 e. The van der Waals surface area contributed by atoms with Gasteiger partial charge in [-0.2, -0.15) is 0 Å². The Bertz CT molecular complexity index is 738. The van der Waals surface area contributed by atoms with Crippen LogP contribution in [0, 0.1) is 0 Å². The van der Waals surface area contributed by atoms with Gasteiger partial charge < -0.3 is 19.7 Å². The molecule has 0 aliphatic heterocycles. The van der Waals surface area contributed by atoms with Crippen LogP contribution in [0.25, 0.3) is 0 Å². The van der Waals surface area contributed by atoms with E-state index in [0.717, 1.165) is 84.0 Å². The highest BCUT2D eigenvalue weighted by molar-refractivity contribution is 5.69. The van der Waals surface area contributed by atoms with Crippen LogP contribution in [0.2, 0.25) is 0 Å². The summed E-state index contributed by atoms with van der Waals surface area (Å²) in [5, 5.41) is 19.3. The fraction of sp³-hybridized carbons (Fsp3) is 0.955. The van der Waals surface area contributed by atoms with E-state index in [1.165, 1.54) is 109 Å². The summed E-state index contributed by atoms with van der Waals surface area (Å²) in [7, 11) is 0. The maximum atomic E-state index is 12.8. The molecule has 0 saturated heterocycles. The normalized spacial score (nSPS) is 11.7. The lowest BCUT2D eigenvalue weighted by Crippen LogP contribution is -2.38. The van der Waals surface area contributed by atoms with Gasteiger partial charge in [0.15, 0.2) is 0 Å². The summed E-state index contributed by atoms with van der Waals surface area (Å²) < 4.78 is 11.5. The SMILES string of the molecule is CCCCCCCCCCCOC(=O)CCCN(CCO)CCN(CCO)CCCCCC(=O)OC(CCCCCCCC)CCCCCCCC. The van der Waals surface area contributed by atoms with E-state index in [9.17, 15) is 19.8 Å². The van der Waals surface area contributed by atoms with Crippen LogP contribution in [0.5, 0.6) is 0 Å². The first-order valence-electron chi connectivity index (χ1n) is 22.5. The van der Waals surface area contributed by atoms with E-state index < -0.39 is 0 Å². The Balaban J connectivity index is 4.31. The Kier molecular flexibility index (Phi) is 40.0. The van der Waals surface area contributed by atoms with Gasteiger partial charge in [0.2, 0.25) is 0 Å². The molecular weight excluding hydrogens is 652 g/mol. The van der Waals surface area contributed by atoms with Gasteiger partial charge in [0.1, 0.15) is 6.10 Å². The first kappa shape index (κ1) is 50.8. The first-order valence-corrected chi connectivity index (χ1v) is 22.5. The number of rotatable bonds is 42. The Labute approximate surface area is 322 Å². The van der Waals surface area contributed by atoms with Gasteiger partial charge in [-0.1, -0.05) is 143 Å². The molecule has 2 N–H and O–H groups in total. The Morgan fingerprint density at radius 1 is 0.442 bits per heavy atom. The van der Waals surface area contributed by atoms with Crippen molar-refractivity contribution in [2.75, 3.05) is 59.1 Å². The van der Waals surface area contributed by atoms with Crippen molar-refractivity contribution in [2.24, 2.45) is 0 Å². The molecule has 0 aromatic heterocycles. The second-order valence-electron chi connectivity index (χ2n) is 15.3. The van der Waals surface area contributed by atoms with Crippen LogP contribution in [0.3, 0.4) is 0 Å². The van der Waals surface area contributed by atoms with Crippen molar-refractivity contribution >= 4 is 11.9 Å². The fourth-order valence-electron chi connectivity index (χ4n) is 6.95. The van der Waals surface area contributed by atoms with E-state index >= 15 is 0 Å². The molecule has 0 aliphatic rings. The van der Waals surface area contributed by atoms with Crippen LogP contribution >= 0.6 is 0 Å². The summed E-state index contributed by atoms with van der Waals surface area (Å²) in [4.78, 5) is 29.5. The molecule has 0 bridgehead atoms. The predicted octanol–water partition coefficient (Wildman–Crippen LogP) is 10.4. The van der Waals surface area contributed by atoms with Crippen LogP contribution in [-0.4, -0.2) is 97.1 Å². The minimum Gasteiger partial charge on any atom is -0.466 e. The summed E-state index contributed by atoms with van der Waals surface area (Å²) in [6.07, 6.45) is 32.8. The fourth-order valence-corrected chi connectivity index (χ4v) is 6.95. The third kappa shape index (κ3) is 35.8. The standard InChI is InChI=1S/C44H88N2O6/c1-4-7-10-13-16-17-18-21-27-41-51-43(49)32-28-34-46(38-40-48)36-35-45(37-39-47)33-26-22-25-31-44(50)52-42(29-23-19-14-11-8-5-2)30-24-20-15-12-9-6-3/h42,47-48H,4-41H2,1-3H3. The lowest BCUT2D eigenvalue weighted by atomic mass is 10.0. The maximum Gasteiger partial charge on any atom is 0.306 e. The molecule has 0 amide bonds. The van der Waals surface area contributed by atoms with Crippen molar-refractivity contribution in [3.05, 3.63) is 0 Å². The van der Waals surface area contributed by atoms with Crippen LogP contribution < -0.4 is 0 Å². The zero-order valence-electron chi connectivity index (χ0n) is 34.9. The van der Waals surface area contributed by atoms with Gasteiger partial charge >= 0.3 is 11.9 Å². The molecule has 0 heterocycles. The summed E-state index contributed by atoms with van der Waals surface area (Å²) in [6.45, 7) is 11.8. The molecule has 0 fully saturated rings. The summed E-state index contributed by atoms with van der Waals surface area (Å²) in [5.74, 6) is -0.165. The highest BCUT2D eigenvalue weighted by Crippen LogP contribution is 2.18. The maximum absolute atomic E-state index is 12.8. The average Bonchev–Trinajstić information content (AvgIpc) is 3.13. The highest BCUT2D eigenvalue weighted by Gasteiger charge is 2.15. The minimum atomic E-state index is -0.125. The Hall–Kier alpha value is -1.22. The van der Waals surface area contributed by atoms with Gasteiger partial charge in [0.05, 0.1) is 19.8 Å². The first-order chi connectivity index (χ1) is 25.5. The van der Waals surface area contributed by atoms with Gasteiger partial charge in [-0.15, -0.1) is 0 Å². The molecule has 0 aromatic carbocycles. The third-order valence-corrected chi connectivity index (χ3v) is 10.3. The van der Waals surface area contributed by atoms with Crippen LogP contribution in [-0.2, 0) is 19.1 Å². The molecule has 0 radical (unpaired) electrons. The molecule has 0 unspecified atom stereocenters. The van der Waals surface area contributed by atoms with E-state index in [4.69, 9.17) is 9.47 Å². The van der Waals surface area contributed by atoms with E-state index in [1.807, 2.05) is 0 Å². The van der Waals surface area contributed by atoms with Crippen molar-refractivity contribution in [3.8, 4) is 0 Å². The quantitative estimate of drug-likeness (QED) is 0.0471. The molecule has 0 atom stereocenters. The molecule has 0 spiro atoms. The van der Waals surface area contributed by atoms with Crippen molar-refractivity contribution in [3.63, 3.8) is 0 Å². The number of carbonyl (C=O) groups excluding carboxylic acids is 2. The zero-order valence-corrected chi connectivity index (χ0v) is 34.9. The van der Waals surface area contributed by atoms with E-state index in [2.05, 4.69) is 30.6 Å². The number of esters is 2. The van der Waals surface area contributed by atoms with Crippen molar-refractivity contribution in [1.29, 1.82) is 0 Å². The average molecular weight is 741 g/mol. The van der Waals surface area contributed by atoms with Crippen LogP contribution in [0.1, 0.15) is 207 Å². The molecular formula is C44H88N2O6. The molecule has 0 aliphatic carbocycles. The lowest BCUT2D eigenvalue weighted by molar-refractivity contribution is -0.150. The van der Waals surface area contributed by atoms with Crippen molar-refractivity contribution in [1.82, 2.24) is 9.80 Å². The van der Waals surface area contributed by atoms with Gasteiger partial charge in [-0.25, -0.2) is 0 Å². The summed E-state index contributed by atoms with van der Waals surface area (Å²) in [5.41, 5.74) is 0. The van der Waals surface area contributed by atoms with Crippen LogP contribution in [0.15, 0.2) is 0 Å². The number of aliphatic hydroxyl groups excluding tert-OH is 2. The third-order valence-electron chi connectivity index (χ3n) is 10.3. The van der Waals surface area contributed by atoms with E-state index in [0.29, 0.717) is 39.0 Å². The predicted molar refractivity (Wildman–Crippen MR) is 219 cm³/mol. The van der Waals surface area contributed by atoms with Gasteiger partial charge in [-0.05, 0) is 64.5 Å². The number of carbonyl (C=O) groups is 2. The number of unbranched alkanes of at least 4 members (excludes halogenated alkanes) is 20. The number of nitrogens with zero attached hydrogens (tertiary/aromatic N) is 2. The second kappa shape index (κ2) is 41.0.